The Kier molecular flexibility index (Phi) is 21.5. The lowest BCUT2D eigenvalue weighted by Gasteiger charge is -2.58. The van der Waals surface area contributed by atoms with E-state index in [1.807, 2.05) is 21.1 Å². The van der Waals surface area contributed by atoms with Crippen LogP contribution in [0.1, 0.15) is 189 Å². The number of fused-ring (bicyclic) bond motifs is 5. The number of carbonyl (C=O) groups excluding carboxylic acids is 1. The minimum atomic E-state index is -4.30. The summed E-state index contributed by atoms with van der Waals surface area (Å²) >= 11 is 0. The van der Waals surface area contributed by atoms with E-state index in [1.54, 1.807) is 0 Å². The second-order valence-electron chi connectivity index (χ2n) is 21.8. The number of rotatable bonds is 29. The van der Waals surface area contributed by atoms with E-state index in [4.69, 9.17) is 23.3 Å². The van der Waals surface area contributed by atoms with E-state index in [1.165, 1.54) is 108 Å². The van der Waals surface area contributed by atoms with Crippen LogP contribution in [0.25, 0.3) is 0 Å². The van der Waals surface area contributed by atoms with Gasteiger partial charge in [-0.1, -0.05) is 143 Å². The van der Waals surface area contributed by atoms with Crippen LogP contribution >= 0.6 is 7.82 Å². The highest BCUT2D eigenvalue weighted by atomic mass is 31.2. The number of hydrogen-bond acceptors (Lipinski definition) is 7. The predicted molar refractivity (Wildman–Crippen MR) is 245 cm³/mol. The Morgan fingerprint density at radius 2 is 1.48 bits per heavy atom. The molecule has 0 aliphatic heterocycles. The summed E-state index contributed by atoms with van der Waals surface area (Å²) < 4.78 is 41.6. The summed E-state index contributed by atoms with van der Waals surface area (Å²) in [6.07, 6.45) is 29.2. The molecular formula is C50H93NO8P+. The van der Waals surface area contributed by atoms with Gasteiger partial charge in [-0.3, -0.25) is 9.05 Å². The van der Waals surface area contributed by atoms with E-state index in [2.05, 4.69) is 47.6 Å². The first-order valence-electron chi connectivity index (χ1n) is 25.0. The Morgan fingerprint density at radius 3 is 2.13 bits per heavy atom. The fourth-order valence-corrected chi connectivity index (χ4v) is 12.8. The van der Waals surface area contributed by atoms with Gasteiger partial charge in [0.1, 0.15) is 32.0 Å². The summed E-state index contributed by atoms with van der Waals surface area (Å²) in [6, 6.07) is 0. The second kappa shape index (κ2) is 24.9. The zero-order valence-corrected chi connectivity index (χ0v) is 41.1. The number of phosphoric acid groups is 1. The number of likely N-dealkylation sites (N-methyl/N-ethyl adjacent to an activating group) is 1. The zero-order valence-electron chi connectivity index (χ0n) is 40.2. The van der Waals surface area contributed by atoms with E-state index < -0.39 is 20.1 Å². The first-order chi connectivity index (χ1) is 28.5. The van der Waals surface area contributed by atoms with Crippen molar-refractivity contribution < 1.29 is 42.0 Å². The van der Waals surface area contributed by atoms with Gasteiger partial charge in [-0.25, -0.2) is 9.36 Å². The van der Waals surface area contributed by atoms with Gasteiger partial charge in [0.15, 0.2) is 0 Å². The SMILES string of the molecule is CCCCCCCCCCCCCCOC(COC(=O)O[C@H]1CC[C@@]2(C)C(=CC[C@H]3[C@@H]4CC[C@H]([C@H](C)CCCC(C)C)[C@@]4(C)CC[C@@H]32)C1)COP(=O)(O)OCC[N+](C)(C)C. The first kappa shape index (κ1) is 51.7. The van der Waals surface area contributed by atoms with E-state index in [-0.39, 0.29) is 31.3 Å². The smallest absolute Gasteiger partial charge is 0.431 e. The number of phosphoric ester groups is 1. The van der Waals surface area contributed by atoms with E-state index in [0.717, 1.165) is 74.5 Å². The van der Waals surface area contributed by atoms with Gasteiger partial charge in [0.05, 0.1) is 27.7 Å². The molecule has 0 radical (unpaired) electrons. The number of allylic oxidation sites excluding steroid dienone is 1. The first-order valence-corrected chi connectivity index (χ1v) is 26.5. The quantitative estimate of drug-likeness (QED) is 0.0261. The highest BCUT2D eigenvalue weighted by Crippen LogP contribution is 2.67. The number of quaternary nitrogens is 1. The molecule has 0 bridgehead atoms. The fraction of sp³-hybridized carbons (Fsp3) is 0.940. The average molecular weight is 867 g/mol. The Hall–Kier alpha value is -0.960. The number of ether oxygens (including phenoxy) is 3. The molecule has 4 rings (SSSR count). The van der Waals surface area contributed by atoms with Crippen LogP contribution in [-0.4, -0.2) is 81.9 Å². The highest BCUT2D eigenvalue weighted by Gasteiger charge is 2.59. The Morgan fingerprint density at radius 1 is 0.817 bits per heavy atom. The van der Waals surface area contributed by atoms with Crippen molar-refractivity contribution in [3.05, 3.63) is 11.6 Å². The molecule has 4 aliphatic carbocycles. The maximum atomic E-state index is 13.2. The predicted octanol–water partition coefficient (Wildman–Crippen LogP) is 13.5. The minimum Gasteiger partial charge on any atom is -0.431 e. The molecule has 0 saturated heterocycles. The van der Waals surface area contributed by atoms with Crippen molar-refractivity contribution in [2.24, 2.45) is 46.3 Å². The number of nitrogens with zero attached hydrogens (tertiary/aromatic N) is 1. The molecule has 1 N–H and O–H groups in total. The maximum absolute atomic E-state index is 13.2. The lowest BCUT2D eigenvalue weighted by Crippen LogP contribution is -2.51. The molecule has 0 aromatic carbocycles. The summed E-state index contributed by atoms with van der Waals surface area (Å²) in [4.78, 5) is 23.5. The maximum Gasteiger partial charge on any atom is 0.508 e. The largest absolute Gasteiger partial charge is 0.508 e. The lowest BCUT2D eigenvalue weighted by atomic mass is 9.47. The normalized spacial score (nSPS) is 29.9. The summed E-state index contributed by atoms with van der Waals surface area (Å²) in [7, 11) is 1.66. The van der Waals surface area contributed by atoms with E-state index in [9.17, 15) is 14.3 Å². The monoisotopic (exact) mass is 867 g/mol. The summed E-state index contributed by atoms with van der Waals surface area (Å²) in [5.74, 6) is 4.76. The third-order valence-electron chi connectivity index (χ3n) is 15.7. The Labute approximate surface area is 368 Å². The summed E-state index contributed by atoms with van der Waals surface area (Å²) in [5, 5.41) is 0. The summed E-state index contributed by atoms with van der Waals surface area (Å²) in [5.41, 5.74) is 2.12. The van der Waals surface area contributed by atoms with Crippen molar-refractivity contribution in [3.8, 4) is 0 Å². The van der Waals surface area contributed by atoms with Gasteiger partial charge < -0.3 is 23.6 Å². The van der Waals surface area contributed by atoms with Crippen molar-refractivity contribution in [1.82, 2.24) is 0 Å². The van der Waals surface area contributed by atoms with Gasteiger partial charge >= 0.3 is 14.0 Å². The van der Waals surface area contributed by atoms with Crippen molar-refractivity contribution in [3.63, 3.8) is 0 Å². The molecule has 0 heterocycles. The Bertz CT molecular complexity index is 1330. The second-order valence-corrected chi connectivity index (χ2v) is 23.3. The lowest BCUT2D eigenvalue weighted by molar-refractivity contribution is -0.870. The van der Waals surface area contributed by atoms with Gasteiger partial charge in [-0.05, 0) is 97.7 Å². The standard InChI is InChI=1S/C50H92NO8P/c1-10-11-12-13-14-15-16-17-18-19-20-21-34-55-43(38-58-60(53,54)57-35-33-51(7,8)9)37-56-48(52)59-42-29-31-49(5)41(36-42)25-26-44-46-28-27-45(40(4)24-22-23-39(2)3)50(46,6)32-30-47(44)49/h25,39-40,42-47H,10-24,26-38H2,1-9H3/p+1/t40-,42+,43?,44+,45-,46+,47+,49+,50-/m1/s1. The van der Waals surface area contributed by atoms with Crippen LogP contribution in [0, 0.1) is 46.3 Å². The molecule has 0 aromatic heterocycles. The van der Waals surface area contributed by atoms with Gasteiger partial charge in [-0.2, -0.15) is 0 Å². The van der Waals surface area contributed by atoms with Crippen molar-refractivity contribution in [2.75, 3.05) is 54.1 Å². The average Bonchev–Trinajstić information content (AvgIpc) is 3.54. The zero-order chi connectivity index (χ0) is 43.8. The number of carbonyl (C=O) groups is 1. The van der Waals surface area contributed by atoms with Crippen molar-refractivity contribution in [1.29, 1.82) is 0 Å². The molecule has 3 fully saturated rings. The van der Waals surface area contributed by atoms with Gasteiger partial charge in [0.25, 0.3) is 0 Å². The molecule has 10 heteroatoms. The van der Waals surface area contributed by atoms with Crippen LogP contribution in [0.3, 0.4) is 0 Å². The molecule has 60 heavy (non-hydrogen) atoms. The molecule has 0 amide bonds. The highest BCUT2D eigenvalue weighted by molar-refractivity contribution is 7.47. The van der Waals surface area contributed by atoms with Crippen LogP contribution in [0.4, 0.5) is 4.79 Å². The minimum absolute atomic E-state index is 0.0845. The topological polar surface area (TPSA) is 101 Å². The van der Waals surface area contributed by atoms with Crippen LogP contribution in [0.5, 0.6) is 0 Å². The fourth-order valence-electron chi connectivity index (χ4n) is 12.1. The summed E-state index contributed by atoms with van der Waals surface area (Å²) in [6.45, 7) is 15.4. The van der Waals surface area contributed by atoms with Crippen molar-refractivity contribution in [2.45, 2.75) is 201 Å². The molecule has 3 saturated carbocycles. The van der Waals surface area contributed by atoms with Gasteiger partial charge in [0, 0.05) is 13.0 Å². The molecule has 10 atom stereocenters. The van der Waals surface area contributed by atoms with Gasteiger partial charge in [0.2, 0.25) is 0 Å². The molecule has 350 valence electrons. The number of unbranched alkanes of at least 4 members (excludes halogenated alkanes) is 11. The molecule has 2 unspecified atom stereocenters. The van der Waals surface area contributed by atoms with E-state index >= 15 is 0 Å². The van der Waals surface area contributed by atoms with Crippen LogP contribution in [0.15, 0.2) is 11.6 Å². The van der Waals surface area contributed by atoms with Gasteiger partial charge in [-0.15, -0.1) is 0 Å². The Balaban J connectivity index is 1.23. The molecule has 0 spiro atoms. The number of hydrogen-bond donors (Lipinski definition) is 1. The molecule has 0 aromatic rings. The van der Waals surface area contributed by atoms with Crippen LogP contribution in [0.2, 0.25) is 0 Å². The third-order valence-corrected chi connectivity index (χ3v) is 16.7. The van der Waals surface area contributed by atoms with Crippen LogP contribution < -0.4 is 0 Å². The molecule has 4 aliphatic rings. The molecular weight excluding hydrogens is 774 g/mol. The van der Waals surface area contributed by atoms with Crippen LogP contribution in [-0.2, 0) is 27.8 Å². The van der Waals surface area contributed by atoms with E-state index in [0.29, 0.717) is 29.0 Å². The third kappa shape index (κ3) is 16.2. The van der Waals surface area contributed by atoms with Crippen molar-refractivity contribution >= 4 is 14.0 Å². The molecule has 9 nitrogen and oxygen atoms in total.